The van der Waals surface area contributed by atoms with Gasteiger partial charge in [-0.15, -0.1) is 12.4 Å². The third-order valence-corrected chi connectivity index (χ3v) is 3.63. The molecule has 1 amide bonds. The standard InChI is InChI=1S/C15H16N4O.ClH/c16-12-4-5-13-10(8-12)2-1-3-14(13)19-15(20)11-6-7-17-18-9-11;/h4-9,14H,1-3,16H2,(H,19,20);1H. The van der Waals surface area contributed by atoms with E-state index in [1.54, 1.807) is 6.07 Å². The monoisotopic (exact) mass is 304 g/mol. The topological polar surface area (TPSA) is 80.9 Å². The minimum Gasteiger partial charge on any atom is -0.399 e. The van der Waals surface area contributed by atoms with Crippen molar-refractivity contribution in [1.29, 1.82) is 0 Å². The van der Waals surface area contributed by atoms with E-state index in [0.29, 0.717) is 5.56 Å². The van der Waals surface area contributed by atoms with Crippen LogP contribution in [0.3, 0.4) is 0 Å². The highest BCUT2D eigenvalue weighted by molar-refractivity contribution is 5.94. The molecule has 3 N–H and O–H groups in total. The zero-order chi connectivity index (χ0) is 13.9. The number of aryl methyl sites for hydroxylation is 1. The van der Waals surface area contributed by atoms with Crippen molar-refractivity contribution in [2.24, 2.45) is 0 Å². The van der Waals surface area contributed by atoms with Crippen molar-refractivity contribution in [3.8, 4) is 0 Å². The highest BCUT2D eigenvalue weighted by Gasteiger charge is 2.22. The van der Waals surface area contributed by atoms with Gasteiger partial charge in [0.25, 0.3) is 5.91 Å². The number of nitrogens with zero attached hydrogens (tertiary/aromatic N) is 2. The molecule has 1 unspecified atom stereocenters. The summed E-state index contributed by atoms with van der Waals surface area (Å²) in [6, 6.07) is 7.60. The zero-order valence-corrected chi connectivity index (χ0v) is 12.3. The number of anilines is 1. The summed E-state index contributed by atoms with van der Waals surface area (Å²) in [7, 11) is 0. The van der Waals surface area contributed by atoms with Crippen LogP contribution in [0, 0.1) is 0 Å². The van der Waals surface area contributed by atoms with Crippen LogP contribution in [0.1, 0.15) is 40.4 Å². The molecule has 1 aliphatic carbocycles. The molecule has 0 spiro atoms. The quantitative estimate of drug-likeness (QED) is 0.834. The summed E-state index contributed by atoms with van der Waals surface area (Å²) in [6.45, 7) is 0. The lowest BCUT2D eigenvalue weighted by Crippen LogP contribution is -2.31. The van der Waals surface area contributed by atoms with Crippen molar-refractivity contribution in [2.75, 3.05) is 5.73 Å². The second kappa shape index (κ2) is 6.54. The van der Waals surface area contributed by atoms with Gasteiger partial charge >= 0.3 is 0 Å². The van der Waals surface area contributed by atoms with Gasteiger partial charge in [-0.25, -0.2) is 0 Å². The predicted molar refractivity (Wildman–Crippen MR) is 83.3 cm³/mol. The summed E-state index contributed by atoms with van der Waals surface area (Å²) in [5.41, 5.74) is 9.52. The van der Waals surface area contributed by atoms with Crippen molar-refractivity contribution in [1.82, 2.24) is 15.5 Å². The molecule has 0 saturated heterocycles. The third-order valence-electron chi connectivity index (χ3n) is 3.63. The highest BCUT2D eigenvalue weighted by atomic mass is 35.5. The lowest BCUT2D eigenvalue weighted by Gasteiger charge is -2.26. The maximum absolute atomic E-state index is 12.2. The molecule has 5 nitrogen and oxygen atoms in total. The molecule has 1 atom stereocenters. The van der Waals surface area contributed by atoms with E-state index in [4.69, 9.17) is 5.73 Å². The number of benzene rings is 1. The molecule has 0 fully saturated rings. The number of nitrogens with two attached hydrogens (primary N) is 1. The Kier molecular flexibility index (Phi) is 4.75. The van der Waals surface area contributed by atoms with Gasteiger partial charge in [0.2, 0.25) is 0 Å². The maximum Gasteiger partial charge on any atom is 0.253 e. The third kappa shape index (κ3) is 3.31. The van der Waals surface area contributed by atoms with Gasteiger partial charge < -0.3 is 11.1 Å². The smallest absolute Gasteiger partial charge is 0.253 e. The van der Waals surface area contributed by atoms with E-state index in [0.717, 1.165) is 24.9 Å². The van der Waals surface area contributed by atoms with Gasteiger partial charge in [0.15, 0.2) is 0 Å². The minimum absolute atomic E-state index is 0. The highest BCUT2D eigenvalue weighted by Crippen LogP contribution is 2.31. The molecule has 1 aromatic heterocycles. The van der Waals surface area contributed by atoms with Crippen molar-refractivity contribution >= 4 is 24.0 Å². The molecular weight excluding hydrogens is 288 g/mol. The second-order valence-electron chi connectivity index (χ2n) is 5.01. The Hall–Kier alpha value is -2.14. The van der Waals surface area contributed by atoms with Gasteiger partial charge in [0.05, 0.1) is 24.0 Å². The number of aromatic nitrogens is 2. The summed E-state index contributed by atoms with van der Waals surface area (Å²) in [5, 5.41) is 10.5. The Bertz CT molecular complexity index is 633. The molecule has 0 aliphatic heterocycles. The number of hydrogen-bond acceptors (Lipinski definition) is 4. The average Bonchev–Trinajstić information content (AvgIpc) is 2.48. The number of nitrogens with one attached hydrogen (secondary N) is 1. The van der Waals surface area contributed by atoms with E-state index in [1.807, 2.05) is 18.2 Å². The first kappa shape index (κ1) is 15.3. The first-order chi connectivity index (χ1) is 9.74. The van der Waals surface area contributed by atoms with Crippen molar-refractivity contribution in [3.63, 3.8) is 0 Å². The Morgan fingerprint density at radius 1 is 1.29 bits per heavy atom. The molecule has 3 rings (SSSR count). The Labute approximate surface area is 129 Å². The van der Waals surface area contributed by atoms with E-state index >= 15 is 0 Å². The van der Waals surface area contributed by atoms with Crippen LogP contribution in [0.15, 0.2) is 36.7 Å². The average molecular weight is 305 g/mol. The number of hydrogen-bond donors (Lipinski definition) is 2. The second-order valence-corrected chi connectivity index (χ2v) is 5.01. The number of nitrogen functional groups attached to an aromatic ring is 1. The molecule has 1 aromatic carbocycles. The maximum atomic E-state index is 12.2. The largest absolute Gasteiger partial charge is 0.399 e. The lowest BCUT2D eigenvalue weighted by molar-refractivity contribution is 0.0932. The summed E-state index contributed by atoms with van der Waals surface area (Å²) >= 11 is 0. The summed E-state index contributed by atoms with van der Waals surface area (Å²) in [5.74, 6) is -0.116. The van der Waals surface area contributed by atoms with Crippen LogP contribution in [-0.4, -0.2) is 16.1 Å². The normalized spacial score (nSPS) is 16.5. The molecule has 1 aliphatic rings. The van der Waals surface area contributed by atoms with Gasteiger partial charge in [-0.2, -0.15) is 10.2 Å². The number of fused-ring (bicyclic) bond motifs is 1. The summed E-state index contributed by atoms with van der Waals surface area (Å²) < 4.78 is 0. The van der Waals surface area contributed by atoms with Crippen LogP contribution in [0.2, 0.25) is 0 Å². The SMILES string of the molecule is Cl.Nc1ccc2c(c1)CCCC2NC(=O)c1ccnnc1. The zero-order valence-electron chi connectivity index (χ0n) is 11.5. The first-order valence-electron chi connectivity index (χ1n) is 6.70. The number of carbonyl (C=O) groups excluding carboxylic acids is 1. The first-order valence-corrected chi connectivity index (χ1v) is 6.70. The molecule has 21 heavy (non-hydrogen) atoms. The van der Waals surface area contributed by atoms with Crippen LogP contribution in [0.25, 0.3) is 0 Å². The molecule has 1 heterocycles. The number of halogens is 1. The van der Waals surface area contributed by atoms with Gasteiger partial charge in [-0.1, -0.05) is 6.07 Å². The summed E-state index contributed by atoms with van der Waals surface area (Å²) in [4.78, 5) is 12.2. The lowest BCUT2D eigenvalue weighted by atomic mass is 9.87. The fraction of sp³-hybridized carbons (Fsp3) is 0.267. The molecule has 2 aromatic rings. The number of carbonyl (C=O) groups is 1. The molecule has 0 radical (unpaired) electrons. The fourth-order valence-electron chi connectivity index (χ4n) is 2.65. The molecule has 110 valence electrons. The molecule has 6 heteroatoms. The van der Waals surface area contributed by atoms with Crippen LogP contribution >= 0.6 is 12.4 Å². The van der Waals surface area contributed by atoms with E-state index in [9.17, 15) is 4.79 Å². The van der Waals surface area contributed by atoms with Gasteiger partial charge in [0.1, 0.15) is 0 Å². The minimum atomic E-state index is -0.116. The van der Waals surface area contributed by atoms with Crippen molar-refractivity contribution in [2.45, 2.75) is 25.3 Å². The Balaban J connectivity index is 0.00000161. The van der Waals surface area contributed by atoms with Gasteiger partial charge in [-0.3, -0.25) is 4.79 Å². The Morgan fingerprint density at radius 2 is 2.14 bits per heavy atom. The van der Waals surface area contributed by atoms with Crippen LogP contribution < -0.4 is 11.1 Å². The predicted octanol–water partition coefficient (Wildman–Crippen LogP) is 2.29. The number of rotatable bonds is 2. The number of amides is 1. The molecule has 0 saturated carbocycles. The van der Waals surface area contributed by atoms with Crippen LogP contribution in [-0.2, 0) is 6.42 Å². The van der Waals surface area contributed by atoms with Crippen molar-refractivity contribution < 1.29 is 4.79 Å². The van der Waals surface area contributed by atoms with Crippen LogP contribution in [0.5, 0.6) is 0 Å². The van der Waals surface area contributed by atoms with E-state index in [2.05, 4.69) is 15.5 Å². The Morgan fingerprint density at radius 3 is 2.90 bits per heavy atom. The molecule has 0 bridgehead atoms. The molecular formula is C15H17ClN4O. The van der Waals surface area contributed by atoms with Gasteiger partial charge in [-0.05, 0) is 48.6 Å². The van der Waals surface area contributed by atoms with E-state index in [1.165, 1.54) is 23.5 Å². The fourth-order valence-corrected chi connectivity index (χ4v) is 2.65. The van der Waals surface area contributed by atoms with Crippen LogP contribution in [0.4, 0.5) is 5.69 Å². The van der Waals surface area contributed by atoms with Crippen molar-refractivity contribution in [3.05, 3.63) is 53.3 Å². The summed E-state index contributed by atoms with van der Waals surface area (Å²) in [6.07, 6.45) is 6.01. The van der Waals surface area contributed by atoms with E-state index < -0.39 is 0 Å². The van der Waals surface area contributed by atoms with Gasteiger partial charge in [0, 0.05) is 5.69 Å². The van der Waals surface area contributed by atoms with E-state index in [-0.39, 0.29) is 24.4 Å².